The van der Waals surface area contributed by atoms with Crippen molar-refractivity contribution in [2.75, 3.05) is 13.2 Å². The first-order valence-corrected chi connectivity index (χ1v) is 5.09. The molecule has 0 bridgehead atoms. The molecule has 1 atom stereocenters. The fourth-order valence-corrected chi connectivity index (χ4v) is 1.98. The maximum atomic E-state index is 9.61. The van der Waals surface area contributed by atoms with E-state index < -0.39 is 0 Å². The largest absolute Gasteiger partial charge is 0.504 e. The van der Waals surface area contributed by atoms with Crippen molar-refractivity contribution < 1.29 is 9.84 Å². The molecule has 4 heteroatoms. The highest BCUT2D eigenvalue weighted by atomic mass is 16.5. The molecule has 78 valence electrons. The van der Waals surface area contributed by atoms with E-state index in [-0.39, 0.29) is 5.75 Å². The molecule has 0 saturated carbocycles. The molecule has 1 aliphatic heterocycles. The van der Waals surface area contributed by atoms with Crippen LogP contribution in [0.5, 0.6) is 5.75 Å². The second kappa shape index (κ2) is 3.24. The molecule has 15 heavy (non-hydrogen) atoms. The summed E-state index contributed by atoms with van der Waals surface area (Å²) in [5, 5.41) is 9.61. The molecule has 0 radical (unpaired) electrons. The predicted octanol–water partition coefficient (Wildman–Crippen LogP) is 1.54. The van der Waals surface area contributed by atoms with Gasteiger partial charge >= 0.3 is 0 Å². The van der Waals surface area contributed by atoms with E-state index in [2.05, 4.69) is 4.98 Å². The Hall–Kier alpha value is -1.55. The molecule has 4 nitrogen and oxygen atoms in total. The first kappa shape index (κ1) is 8.73. The van der Waals surface area contributed by atoms with Crippen molar-refractivity contribution in [2.45, 2.75) is 12.3 Å². The number of rotatable bonds is 1. The van der Waals surface area contributed by atoms with E-state index >= 15 is 0 Å². The van der Waals surface area contributed by atoms with Gasteiger partial charge in [0, 0.05) is 24.9 Å². The van der Waals surface area contributed by atoms with Crippen LogP contribution in [-0.4, -0.2) is 27.7 Å². The number of ether oxygens (including phenoxy) is 1. The maximum absolute atomic E-state index is 9.61. The highest BCUT2D eigenvalue weighted by Gasteiger charge is 2.20. The van der Waals surface area contributed by atoms with Gasteiger partial charge in [-0.1, -0.05) is 0 Å². The van der Waals surface area contributed by atoms with Crippen LogP contribution in [-0.2, 0) is 4.74 Å². The zero-order valence-electron chi connectivity index (χ0n) is 8.26. The first-order chi connectivity index (χ1) is 7.34. The maximum Gasteiger partial charge on any atom is 0.179 e. The van der Waals surface area contributed by atoms with Gasteiger partial charge in [-0.2, -0.15) is 0 Å². The number of imidazole rings is 1. The molecule has 1 saturated heterocycles. The molecular formula is C11H12N2O2. The highest BCUT2D eigenvalue weighted by molar-refractivity contribution is 5.53. The molecule has 2 aromatic rings. The van der Waals surface area contributed by atoms with Crippen molar-refractivity contribution in [3.8, 4) is 5.75 Å². The second-order valence-corrected chi connectivity index (χ2v) is 3.85. The Morgan fingerprint density at radius 2 is 2.47 bits per heavy atom. The molecule has 1 fully saturated rings. The summed E-state index contributed by atoms with van der Waals surface area (Å²) in [6, 6.07) is 3.45. The van der Waals surface area contributed by atoms with E-state index in [1.807, 2.05) is 16.8 Å². The molecule has 0 spiro atoms. The SMILES string of the molecule is Oc1cccn2cc(C3CCOC3)nc12. The minimum absolute atomic E-state index is 0.225. The van der Waals surface area contributed by atoms with Crippen LogP contribution in [0.15, 0.2) is 24.5 Å². The standard InChI is InChI=1S/C11H12N2O2/c14-10-2-1-4-13-6-9(12-11(10)13)8-3-5-15-7-8/h1-2,4,6,8,14H,3,5,7H2. The highest BCUT2D eigenvalue weighted by Crippen LogP contribution is 2.26. The summed E-state index contributed by atoms with van der Waals surface area (Å²) in [4.78, 5) is 4.43. The lowest BCUT2D eigenvalue weighted by Gasteiger charge is -2.00. The van der Waals surface area contributed by atoms with Gasteiger partial charge in [-0.3, -0.25) is 0 Å². The molecule has 0 aromatic carbocycles. The second-order valence-electron chi connectivity index (χ2n) is 3.85. The summed E-state index contributed by atoms with van der Waals surface area (Å²) in [5.74, 6) is 0.604. The van der Waals surface area contributed by atoms with Gasteiger partial charge in [0.1, 0.15) is 0 Å². The van der Waals surface area contributed by atoms with E-state index in [1.165, 1.54) is 0 Å². The monoisotopic (exact) mass is 204 g/mol. The van der Waals surface area contributed by atoms with Gasteiger partial charge in [0.15, 0.2) is 11.4 Å². The van der Waals surface area contributed by atoms with Crippen molar-refractivity contribution in [3.63, 3.8) is 0 Å². The van der Waals surface area contributed by atoms with Gasteiger partial charge in [0.2, 0.25) is 0 Å². The number of nitrogens with zero attached hydrogens (tertiary/aromatic N) is 2. The number of fused-ring (bicyclic) bond motifs is 1. The smallest absolute Gasteiger partial charge is 0.179 e. The Labute approximate surface area is 87.1 Å². The number of hydrogen-bond donors (Lipinski definition) is 1. The number of hydrogen-bond acceptors (Lipinski definition) is 3. The molecule has 0 aliphatic carbocycles. The van der Waals surface area contributed by atoms with Crippen molar-refractivity contribution in [1.29, 1.82) is 0 Å². The molecule has 2 aromatic heterocycles. The van der Waals surface area contributed by atoms with E-state index in [1.54, 1.807) is 12.1 Å². The topological polar surface area (TPSA) is 46.8 Å². The summed E-state index contributed by atoms with van der Waals surface area (Å²) in [6.07, 6.45) is 4.88. The average Bonchev–Trinajstić information content (AvgIpc) is 2.86. The molecule has 1 unspecified atom stereocenters. The van der Waals surface area contributed by atoms with Crippen LogP contribution >= 0.6 is 0 Å². The molecule has 3 heterocycles. The van der Waals surface area contributed by atoms with E-state index in [4.69, 9.17) is 4.74 Å². The predicted molar refractivity (Wildman–Crippen MR) is 55.0 cm³/mol. The van der Waals surface area contributed by atoms with E-state index in [0.29, 0.717) is 11.6 Å². The van der Waals surface area contributed by atoms with Crippen molar-refractivity contribution in [1.82, 2.24) is 9.38 Å². The van der Waals surface area contributed by atoms with Crippen LogP contribution in [0.3, 0.4) is 0 Å². The summed E-state index contributed by atoms with van der Waals surface area (Å²) in [5.41, 5.74) is 1.63. The lowest BCUT2D eigenvalue weighted by molar-refractivity contribution is 0.193. The molecule has 1 aliphatic rings. The number of aromatic hydroxyl groups is 1. The summed E-state index contributed by atoms with van der Waals surface area (Å²) in [6.45, 7) is 1.55. The van der Waals surface area contributed by atoms with E-state index in [0.717, 1.165) is 25.3 Å². The van der Waals surface area contributed by atoms with E-state index in [9.17, 15) is 5.11 Å². The third-order valence-corrected chi connectivity index (χ3v) is 2.83. The van der Waals surface area contributed by atoms with Gasteiger partial charge in [0.25, 0.3) is 0 Å². The van der Waals surface area contributed by atoms with Crippen LogP contribution in [0.25, 0.3) is 5.65 Å². The quantitative estimate of drug-likeness (QED) is 0.766. The number of pyridine rings is 1. The summed E-state index contributed by atoms with van der Waals surface area (Å²) < 4.78 is 7.18. The van der Waals surface area contributed by atoms with Crippen molar-refractivity contribution in [3.05, 3.63) is 30.2 Å². The Bertz CT molecular complexity index is 486. The summed E-state index contributed by atoms with van der Waals surface area (Å²) >= 11 is 0. The molecular weight excluding hydrogens is 192 g/mol. The lowest BCUT2D eigenvalue weighted by Crippen LogP contribution is -1.96. The average molecular weight is 204 g/mol. The third kappa shape index (κ3) is 1.37. The van der Waals surface area contributed by atoms with Crippen molar-refractivity contribution >= 4 is 5.65 Å². The minimum atomic E-state index is 0.225. The molecule has 1 N–H and O–H groups in total. The van der Waals surface area contributed by atoms with Crippen LogP contribution in [0.4, 0.5) is 0 Å². The summed E-state index contributed by atoms with van der Waals surface area (Å²) in [7, 11) is 0. The third-order valence-electron chi connectivity index (χ3n) is 2.83. The minimum Gasteiger partial charge on any atom is -0.504 e. The Balaban J connectivity index is 2.09. The van der Waals surface area contributed by atoms with Crippen LogP contribution in [0.2, 0.25) is 0 Å². The zero-order valence-corrected chi connectivity index (χ0v) is 8.26. The van der Waals surface area contributed by atoms with Gasteiger partial charge < -0.3 is 14.2 Å². The number of aromatic nitrogens is 2. The fourth-order valence-electron chi connectivity index (χ4n) is 1.98. The van der Waals surface area contributed by atoms with Crippen molar-refractivity contribution in [2.24, 2.45) is 0 Å². The van der Waals surface area contributed by atoms with Gasteiger partial charge in [-0.05, 0) is 18.6 Å². The molecule has 0 amide bonds. The van der Waals surface area contributed by atoms with Gasteiger partial charge in [-0.25, -0.2) is 4.98 Å². The van der Waals surface area contributed by atoms with Gasteiger partial charge in [-0.15, -0.1) is 0 Å². The Morgan fingerprint density at radius 3 is 3.20 bits per heavy atom. The Morgan fingerprint density at radius 1 is 1.53 bits per heavy atom. The Kier molecular flexibility index (Phi) is 1.89. The lowest BCUT2D eigenvalue weighted by atomic mass is 10.1. The first-order valence-electron chi connectivity index (χ1n) is 5.09. The van der Waals surface area contributed by atoms with Crippen LogP contribution in [0.1, 0.15) is 18.0 Å². The van der Waals surface area contributed by atoms with Crippen LogP contribution in [0, 0.1) is 0 Å². The normalized spacial score (nSPS) is 21.2. The zero-order chi connectivity index (χ0) is 10.3. The van der Waals surface area contributed by atoms with Gasteiger partial charge in [0.05, 0.1) is 12.3 Å². The van der Waals surface area contributed by atoms with Crippen LogP contribution < -0.4 is 0 Å². The fraction of sp³-hybridized carbons (Fsp3) is 0.364. The molecule has 3 rings (SSSR count).